The van der Waals surface area contributed by atoms with E-state index in [-0.39, 0.29) is 25.8 Å². The van der Waals surface area contributed by atoms with E-state index < -0.39 is 42.0 Å². The maximum Gasteiger partial charge on any atom is 0.328 e. The van der Waals surface area contributed by atoms with Gasteiger partial charge in [-0.15, -0.1) is 0 Å². The summed E-state index contributed by atoms with van der Waals surface area (Å²) in [6, 6.07) is -2.57. The van der Waals surface area contributed by atoms with E-state index >= 15 is 0 Å². The molecule has 0 fully saturated rings. The van der Waals surface area contributed by atoms with Gasteiger partial charge < -0.3 is 31.9 Å². The predicted octanol–water partition coefficient (Wildman–Crippen LogP) is -1.89. The summed E-state index contributed by atoms with van der Waals surface area (Å²) in [6.07, 6.45) is -0.836. The Morgan fingerprint density at radius 2 is 1.73 bits per heavy atom. The molecule has 10 nitrogen and oxygen atoms in total. The average Bonchev–Trinajstić information content (AvgIpc) is 2.43. The summed E-state index contributed by atoms with van der Waals surface area (Å²) in [6.45, 7) is -0.185. The van der Waals surface area contributed by atoms with Crippen LogP contribution in [0.25, 0.3) is 0 Å². The number of nitrogens with two attached hydrogens (primary N) is 2. The number of rotatable bonds is 11. The fraction of sp³-hybridized carbons (Fsp3) is 0.667. The minimum absolute atomic E-state index is 0.178. The van der Waals surface area contributed by atoms with Gasteiger partial charge in [-0.3, -0.25) is 14.6 Å². The number of hydrogen-bond donors (Lipinski definition) is 6. The van der Waals surface area contributed by atoms with E-state index in [4.69, 9.17) is 26.8 Å². The van der Waals surface area contributed by atoms with Gasteiger partial charge in [-0.1, -0.05) is 0 Å². The van der Waals surface area contributed by atoms with Crippen LogP contribution in [0, 0.1) is 5.92 Å². The SMILES string of the molecule is NCC(O)C(C=N[C@@H](CCC(=O)O)C(=O)O)C[C@H](N)C(=O)O. The third kappa shape index (κ3) is 7.67. The van der Waals surface area contributed by atoms with Gasteiger partial charge in [0.25, 0.3) is 0 Å². The van der Waals surface area contributed by atoms with Gasteiger partial charge in [-0.25, -0.2) is 4.79 Å². The lowest BCUT2D eigenvalue weighted by Crippen LogP contribution is -2.39. The molecule has 22 heavy (non-hydrogen) atoms. The maximum atomic E-state index is 11.0. The van der Waals surface area contributed by atoms with Crippen LogP contribution in [0.15, 0.2) is 4.99 Å². The first-order valence-electron chi connectivity index (χ1n) is 6.53. The second kappa shape index (κ2) is 9.82. The molecule has 0 rings (SSSR count). The van der Waals surface area contributed by atoms with Crippen LogP contribution in [0.4, 0.5) is 0 Å². The molecule has 8 N–H and O–H groups in total. The lowest BCUT2D eigenvalue weighted by molar-refractivity contribution is -0.140. The van der Waals surface area contributed by atoms with Crippen LogP contribution in [-0.2, 0) is 14.4 Å². The molecule has 10 heteroatoms. The molecule has 0 spiro atoms. The van der Waals surface area contributed by atoms with Gasteiger partial charge in [0.05, 0.1) is 6.10 Å². The molecular weight excluding hydrogens is 298 g/mol. The summed E-state index contributed by atoms with van der Waals surface area (Å²) in [4.78, 5) is 35.9. The Bertz CT molecular complexity index is 427. The first-order valence-corrected chi connectivity index (χ1v) is 6.53. The lowest BCUT2D eigenvalue weighted by atomic mass is 9.95. The fourth-order valence-electron chi connectivity index (χ4n) is 1.62. The Hall–Kier alpha value is -2.04. The number of aliphatic carboxylic acids is 3. The van der Waals surface area contributed by atoms with Crippen LogP contribution in [0.5, 0.6) is 0 Å². The molecule has 0 aliphatic heterocycles. The fourth-order valence-corrected chi connectivity index (χ4v) is 1.62. The van der Waals surface area contributed by atoms with Gasteiger partial charge in [0.1, 0.15) is 12.1 Å². The van der Waals surface area contributed by atoms with Crippen LogP contribution < -0.4 is 11.5 Å². The molecule has 0 aromatic rings. The molecule has 0 heterocycles. The maximum absolute atomic E-state index is 11.0. The standard InChI is InChI=1S/C12H21N3O7/c13-4-9(16)6(3-7(14)11(19)20)5-15-8(12(21)22)1-2-10(17)18/h5-9,16H,1-4,13-14H2,(H,17,18)(H,19,20)(H,21,22)/t6?,7-,8-,9?/m0/s1. The highest BCUT2D eigenvalue weighted by atomic mass is 16.4. The average molecular weight is 319 g/mol. The zero-order valence-corrected chi connectivity index (χ0v) is 11.8. The topological polar surface area (TPSA) is 197 Å². The number of aliphatic hydroxyl groups excluding tert-OH is 1. The molecular formula is C12H21N3O7. The Morgan fingerprint density at radius 1 is 1.14 bits per heavy atom. The van der Waals surface area contributed by atoms with Crippen molar-refractivity contribution >= 4 is 24.1 Å². The van der Waals surface area contributed by atoms with Crippen molar-refractivity contribution < 1.29 is 34.8 Å². The Morgan fingerprint density at radius 3 is 2.14 bits per heavy atom. The molecule has 0 saturated heterocycles. The molecule has 0 aromatic carbocycles. The molecule has 4 atom stereocenters. The summed E-state index contributed by atoms with van der Waals surface area (Å²) < 4.78 is 0. The van der Waals surface area contributed by atoms with Crippen molar-refractivity contribution in [1.29, 1.82) is 0 Å². The van der Waals surface area contributed by atoms with E-state index in [0.29, 0.717) is 0 Å². The first kappa shape index (κ1) is 20.0. The second-order valence-corrected chi connectivity index (χ2v) is 4.73. The monoisotopic (exact) mass is 319 g/mol. The van der Waals surface area contributed by atoms with Crippen molar-refractivity contribution in [2.75, 3.05) is 6.54 Å². The van der Waals surface area contributed by atoms with Gasteiger partial charge in [-0.2, -0.15) is 0 Å². The van der Waals surface area contributed by atoms with E-state index in [1.165, 1.54) is 0 Å². The van der Waals surface area contributed by atoms with Crippen molar-refractivity contribution in [1.82, 2.24) is 0 Å². The van der Waals surface area contributed by atoms with E-state index in [0.717, 1.165) is 6.21 Å². The van der Waals surface area contributed by atoms with E-state index in [2.05, 4.69) is 4.99 Å². The van der Waals surface area contributed by atoms with Crippen molar-refractivity contribution in [2.45, 2.75) is 37.5 Å². The third-order valence-corrected chi connectivity index (χ3v) is 2.95. The molecule has 0 amide bonds. The minimum atomic E-state index is -1.32. The summed E-state index contributed by atoms with van der Waals surface area (Å²) >= 11 is 0. The van der Waals surface area contributed by atoms with Gasteiger partial charge in [0, 0.05) is 25.1 Å². The number of nitrogens with zero attached hydrogens (tertiary/aromatic N) is 1. The molecule has 0 aromatic heterocycles. The van der Waals surface area contributed by atoms with Gasteiger partial charge in [0.15, 0.2) is 0 Å². The highest BCUT2D eigenvalue weighted by Gasteiger charge is 2.24. The van der Waals surface area contributed by atoms with Crippen molar-refractivity contribution in [3.63, 3.8) is 0 Å². The molecule has 0 radical (unpaired) electrons. The molecule has 0 aliphatic rings. The first-order chi connectivity index (χ1) is 10.2. The number of aliphatic hydroxyl groups is 1. The zero-order valence-electron chi connectivity index (χ0n) is 11.8. The van der Waals surface area contributed by atoms with E-state index in [9.17, 15) is 19.5 Å². The van der Waals surface area contributed by atoms with Crippen LogP contribution >= 0.6 is 0 Å². The van der Waals surface area contributed by atoms with Crippen LogP contribution in [0.1, 0.15) is 19.3 Å². The molecule has 126 valence electrons. The third-order valence-electron chi connectivity index (χ3n) is 2.95. The molecule has 0 saturated carbocycles. The van der Waals surface area contributed by atoms with Crippen LogP contribution in [0.2, 0.25) is 0 Å². The van der Waals surface area contributed by atoms with Crippen molar-refractivity contribution in [3.05, 3.63) is 0 Å². The predicted molar refractivity (Wildman–Crippen MR) is 75.6 cm³/mol. The Kier molecular flexibility index (Phi) is 8.91. The summed E-state index contributed by atoms with van der Waals surface area (Å²) in [5.41, 5.74) is 10.7. The number of hydrogen-bond acceptors (Lipinski definition) is 7. The highest BCUT2D eigenvalue weighted by Crippen LogP contribution is 2.11. The van der Waals surface area contributed by atoms with E-state index in [1.54, 1.807) is 0 Å². The second-order valence-electron chi connectivity index (χ2n) is 4.73. The Balaban J connectivity index is 4.94. The largest absolute Gasteiger partial charge is 0.481 e. The van der Waals surface area contributed by atoms with Gasteiger partial charge in [-0.05, 0) is 12.8 Å². The summed E-state index contributed by atoms with van der Waals surface area (Å²) in [5.74, 6) is -4.60. The zero-order chi connectivity index (χ0) is 17.3. The smallest absolute Gasteiger partial charge is 0.328 e. The number of carboxylic acid groups (broad SMARTS) is 3. The summed E-state index contributed by atoms with van der Waals surface area (Å²) in [7, 11) is 0. The quantitative estimate of drug-likeness (QED) is 0.236. The van der Waals surface area contributed by atoms with Gasteiger partial charge in [0.2, 0.25) is 0 Å². The van der Waals surface area contributed by atoms with Crippen LogP contribution in [0.3, 0.4) is 0 Å². The molecule has 0 aliphatic carbocycles. The molecule has 0 bridgehead atoms. The lowest BCUT2D eigenvalue weighted by Gasteiger charge is -2.20. The normalized spacial score (nSPS) is 16.9. The van der Waals surface area contributed by atoms with E-state index in [1.807, 2.05) is 0 Å². The minimum Gasteiger partial charge on any atom is -0.481 e. The highest BCUT2D eigenvalue weighted by molar-refractivity contribution is 5.78. The number of carbonyl (C=O) groups is 3. The van der Waals surface area contributed by atoms with Crippen molar-refractivity contribution in [2.24, 2.45) is 22.4 Å². The number of carboxylic acids is 3. The van der Waals surface area contributed by atoms with Crippen LogP contribution in [-0.4, -0.2) is 69.3 Å². The van der Waals surface area contributed by atoms with Crippen molar-refractivity contribution in [3.8, 4) is 0 Å². The summed E-state index contributed by atoms with van der Waals surface area (Å²) in [5, 5.41) is 36.0. The molecule has 2 unspecified atom stereocenters. The number of aliphatic imine (C=N–C) groups is 1. The van der Waals surface area contributed by atoms with Gasteiger partial charge >= 0.3 is 17.9 Å². The Labute approximate surface area is 126 Å².